The number of H-pyrrole nitrogens is 1. The molecule has 0 aliphatic rings. The van der Waals surface area contributed by atoms with E-state index in [9.17, 15) is 4.79 Å². The summed E-state index contributed by atoms with van der Waals surface area (Å²) in [5.74, 6) is 0. The van der Waals surface area contributed by atoms with Gasteiger partial charge in [0.05, 0.1) is 5.52 Å². The average Bonchev–Trinajstić information content (AvgIpc) is 2.18. The molecule has 0 saturated heterocycles. The molecule has 1 aromatic heterocycles. The number of halogens is 1. The number of hydrogen-bond acceptors (Lipinski definition) is 2. The zero-order valence-corrected chi connectivity index (χ0v) is 9.23. The second-order valence-electron chi connectivity index (χ2n) is 3.36. The number of pyridine rings is 1. The number of nitrogens with one attached hydrogen (secondary N) is 1. The van der Waals surface area contributed by atoms with Gasteiger partial charge in [-0.2, -0.15) is 0 Å². The number of nitrogens with two attached hydrogens (primary N) is 1. The molecule has 0 unspecified atom stereocenters. The quantitative estimate of drug-likeness (QED) is 0.775. The number of hydrogen-bond donors (Lipinski definition) is 2. The van der Waals surface area contributed by atoms with Gasteiger partial charge in [0.15, 0.2) is 0 Å². The Morgan fingerprint density at radius 1 is 1.40 bits per heavy atom. The van der Waals surface area contributed by atoms with E-state index in [2.05, 4.69) is 4.98 Å². The minimum absolute atomic E-state index is 0. The van der Waals surface area contributed by atoms with E-state index in [0.29, 0.717) is 6.54 Å². The molecule has 15 heavy (non-hydrogen) atoms. The second kappa shape index (κ2) is 4.47. The van der Waals surface area contributed by atoms with Gasteiger partial charge in [-0.05, 0) is 18.1 Å². The van der Waals surface area contributed by atoms with Gasteiger partial charge in [-0.1, -0.05) is 18.2 Å². The molecule has 0 aliphatic carbocycles. The minimum Gasteiger partial charge on any atom is -0.326 e. The summed E-state index contributed by atoms with van der Waals surface area (Å²) in [4.78, 5) is 14.1. The fourth-order valence-electron chi connectivity index (χ4n) is 1.67. The fraction of sp³-hybridized carbons (Fsp3) is 0.182. The topological polar surface area (TPSA) is 58.9 Å². The molecule has 0 fully saturated rings. The predicted octanol–water partition coefficient (Wildman–Crippen LogP) is 1.72. The number of para-hydroxylation sites is 1. The lowest BCUT2D eigenvalue weighted by atomic mass is 10.1. The lowest BCUT2D eigenvalue weighted by molar-refractivity contribution is 1.07. The Morgan fingerprint density at radius 3 is 2.80 bits per heavy atom. The van der Waals surface area contributed by atoms with Crippen LogP contribution in [0.25, 0.3) is 10.9 Å². The van der Waals surface area contributed by atoms with Gasteiger partial charge in [0.25, 0.3) is 0 Å². The van der Waals surface area contributed by atoms with Crippen LogP contribution < -0.4 is 11.3 Å². The van der Waals surface area contributed by atoms with Crippen LogP contribution in [0.2, 0.25) is 0 Å². The first kappa shape index (κ1) is 11.8. The molecule has 0 saturated carbocycles. The van der Waals surface area contributed by atoms with Crippen molar-refractivity contribution in [1.82, 2.24) is 4.98 Å². The summed E-state index contributed by atoms with van der Waals surface area (Å²) in [6.45, 7) is 2.36. The SMILES string of the molecule is Cc1cccc2c(CN)cc(=O)[nH]c12.Cl. The summed E-state index contributed by atoms with van der Waals surface area (Å²) < 4.78 is 0. The molecular formula is C11H13ClN2O. The highest BCUT2D eigenvalue weighted by Crippen LogP contribution is 2.17. The molecule has 2 rings (SSSR count). The van der Waals surface area contributed by atoms with Crippen LogP contribution in [0.5, 0.6) is 0 Å². The van der Waals surface area contributed by atoms with Gasteiger partial charge in [-0.25, -0.2) is 0 Å². The Bertz CT molecular complexity index is 534. The molecule has 3 N–H and O–H groups in total. The maximum atomic E-state index is 11.3. The molecule has 3 nitrogen and oxygen atoms in total. The first-order valence-corrected chi connectivity index (χ1v) is 4.54. The average molecular weight is 225 g/mol. The third kappa shape index (κ3) is 2.03. The third-order valence-electron chi connectivity index (χ3n) is 2.39. The van der Waals surface area contributed by atoms with Crippen molar-refractivity contribution in [2.24, 2.45) is 5.73 Å². The number of benzene rings is 1. The summed E-state index contributed by atoms with van der Waals surface area (Å²) in [7, 11) is 0. The van der Waals surface area contributed by atoms with Crippen LogP contribution in [0.3, 0.4) is 0 Å². The van der Waals surface area contributed by atoms with Gasteiger partial charge in [0.2, 0.25) is 5.56 Å². The van der Waals surface area contributed by atoms with Crippen LogP contribution in [-0.2, 0) is 6.54 Å². The van der Waals surface area contributed by atoms with Crippen molar-refractivity contribution in [2.75, 3.05) is 0 Å². The predicted molar refractivity (Wildman–Crippen MR) is 64.4 cm³/mol. The molecule has 1 heterocycles. The molecule has 0 aliphatic heterocycles. The molecule has 0 radical (unpaired) electrons. The number of aryl methyl sites for hydroxylation is 1. The highest BCUT2D eigenvalue weighted by Gasteiger charge is 2.02. The van der Waals surface area contributed by atoms with Gasteiger partial charge in [0, 0.05) is 18.0 Å². The lowest BCUT2D eigenvalue weighted by Crippen LogP contribution is -2.09. The van der Waals surface area contributed by atoms with Gasteiger partial charge >= 0.3 is 0 Å². The summed E-state index contributed by atoms with van der Waals surface area (Å²) in [6.07, 6.45) is 0. The Hall–Kier alpha value is -1.32. The first-order chi connectivity index (χ1) is 6.72. The van der Waals surface area contributed by atoms with Crippen molar-refractivity contribution >= 4 is 23.3 Å². The summed E-state index contributed by atoms with van der Waals surface area (Å²) in [6, 6.07) is 7.47. The molecule has 0 bridgehead atoms. The number of fused-ring (bicyclic) bond motifs is 1. The standard InChI is InChI=1S/C11H12N2O.ClH/c1-7-3-2-4-9-8(6-12)5-10(14)13-11(7)9;/h2-5H,6,12H2,1H3,(H,13,14);1H. The van der Waals surface area contributed by atoms with Gasteiger partial charge < -0.3 is 10.7 Å². The van der Waals surface area contributed by atoms with E-state index in [1.165, 1.54) is 0 Å². The fourth-order valence-corrected chi connectivity index (χ4v) is 1.67. The van der Waals surface area contributed by atoms with E-state index in [-0.39, 0.29) is 18.0 Å². The van der Waals surface area contributed by atoms with Crippen molar-refractivity contribution in [3.05, 3.63) is 45.7 Å². The highest BCUT2D eigenvalue weighted by atomic mass is 35.5. The van der Waals surface area contributed by atoms with E-state index in [4.69, 9.17) is 5.73 Å². The summed E-state index contributed by atoms with van der Waals surface area (Å²) >= 11 is 0. The Labute approximate surface area is 93.7 Å². The monoisotopic (exact) mass is 224 g/mol. The van der Waals surface area contributed by atoms with Crippen LogP contribution in [0.1, 0.15) is 11.1 Å². The smallest absolute Gasteiger partial charge is 0.248 e. The maximum Gasteiger partial charge on any atom is 0.248 e. The molecular weight excluding hydrogens is 212 g/mol. The molecule has 0 amide bonds. The Morgan fingerprint density at radius 2 is 2.13 bits per heavy atom. The molecule has 80 valence electrons. The van der Waals surface area contributed by atoms with Crippen molar-refractivity contribution in [3.8, 4) is 0 Å². The zero-order chi connectivity index (χ0) is 10.1. The number of rotatable bonds is 1. The van der Waals surface area contributed by atoms with Crippen LogP contribution in [0.4, 0.5) is 0 Å². The lowest BCUT2D eigenvalue weighted by Gasteiger charge is -2.05. The van der Waals surface area contributed by atoms with Crippen molar-refractivity contribution in [2.45, 2.75) is 13.5 Å². The number of aromatic nitrogens is 1. The van der Waals surface area contributed by atoms with E-state index < -0.39 is 0 Å². The normalized spacial score (nSPS) is 10.0. The summed E-state index contributed by atoms with van der Waals surface area (Å²) in [5, 5.41) is 1.03. The Kier molecular flexibility index (Phi) is 3.50. The van der Waals surface area contributed by atoms with E-state index in [1.807, 2.05) is 25.1 Å². The van der Waals surface area contributed by atoms with Crippen LogP contribution in [0.15, 0.2) is 29.1 Å². The summed E-state index contributed by atoms with van der Waals surface area (Å²) in [5.41, 5.74) is 8.34. The third-order valence-corrected chi connectivity index (χ3v) is 2.39. The second-order valence-corrected chi connectivity index (χ2v) is 3.36. The molecule has 2 aromatic rings. The Balaban J connectivity index is 0.00000112. The van der Waals surface area contributed by atoms with Crippen molar-refractivity contribution in [3.63, 3.8) is 0 Å². The van der Waals surface area contributed by atoms with Gasteiger partial charge in [-0.15, -0.1) is 12.4 Å². The molecule has 1 aromatic carbocycles. The van der Waals surface area contributed by atoms with E-state index >= 15 is 0 Å². The van der Waals surface area contributed by atoms with Crippen LogP contribution >= 0.6 is 12.4 Å². The maximum absolute atomic E-state index is 11.3. The van der Waals surface area contributed by atoms with E-state index in [0.717, 1.165) is 22.0 Å². The first-order valence-electron chi connectivity index (χ1n) is 4.54. The number of aromatic amines is 1. The molecule has 0 atom stereocenters. The van der Waals surface area contributed by atoms with Crippen LogP contribution in [0, 0.1) is 6.92 Å². The van der Waals surface area contributed by atoms with Gasteiger partial charge in [0.1, 0.15) is 0 Å². The minimum atomic E-state index is -0.0905. The van der Waals surface area contributed by atoms with Gasteiger partial charge in [-0.3, -0.25) is 4.79 Å². The highest BCUT2D eigenvalue weighted by molar-refractivity contribution is 5.85. The van der Waals surface area contributed by atoms with E-state index in [1.54, 1.807) is 6.07 Å². The zero-order valence-electron chi connectivity index (χ0n) is 8.41. The molecule has 4 heteroatoms. The van der Waals surface area contributed by atoms with Crippen LogP contribution in [-0.4, -0.2) is 4.98 Å². The molecule has 0 spiro atoms. The largest absolute Gasteiger partial charge is 0.326 e. The van der Waals surface area contributed by atoms with Crippen molar-refractivity contribution in [1.29, 1.82) is 0 Å². The van der Waals surface area contributed by atoms with Crippen molar-refractivity contribution < 1.29 is 0 Å².